The van der Waals surface area contributed by atoms with Crippen LogP contribution in [-0.2, 0) is 24.4 Å². The van der Waals surface area contributed by atoms with E-state index in [1.807, 2.05) is 42.6 Å². The molecule has 0 radical (unpaired) electrons. The molecule has 2 aliphatic heterocycles. The van der Waals surface area contributed by atoms with Crippen molar-refractivity contribution in [2.75, 3.05) is 25.0 Å². The van der Waals surface area contributed by atoms with Gasteiger partial charge in [-0.25, -0.2) is 19.3 Å². The Bertz CT molecular complexity index is 2140. The molecule has 0 unspecified atom stereocenters. The van der Waals surface area contributed by atoms with Crippen LogP contribution in [0.3, 0.4) is 0 Å². The first-order valence-corrected chi connectivity index (χ1v) is 17.0. The number of aromatic nitrogens is 5. The van der Waals surface area contributed by atoms with Gasteiger partial charge in [0.1, 0.15) is 18.2 Å². The van der Waals surface area contributed by atoms with Crippen LogP contribution in [0.5, 0.6) is 5.88 Å². The van der Waals surface area contributed by atoms with Crippen molar-refractivity contribution < 1.29 is 18.7 Å². The molecule has 1 atom stereocenters. The number of H-pyrrole nitrogens is 1. The summed E-state index contributed by atoms with van der Waals surface area (Å²) in [5, 5.41) is 3.82. The van der Waals surface area contributed by atoms with E-state index in [0.29, 0.717) is 40.3 Å². The van der Waals surface area contributed by atoms with Crippen LogP contribution in [0.25, 0.3) is 27.0 Å². The third-order valence-corrected chi connectivity index (χ3v) is 9.87. The molecule has 48 heavy (non-hydrogen) atoms. The number of fused-ring (bicyclic) bond motifs is 2. The molecule has 10 nitrogen and oxygen atoms in total. The third-order valence-electron chi connectivity index (χ3n) is 8.70. The number of thiazole rings is 1. The van der Waals surface area contributed by atoms with Gasteiger partial charge in [0.2, 0.25) is 5.88 Å². The molecule has 0 aliphatic carbocycles. The molecule has 4 aromatic heterocycles. The van der Waals surface area contributed by atoms with Gasteiger partial charge < -0.3 is 19.0 Å². The number of halogens is 2. The van der Waals surface area contributed by atoms with Crippen LogP contribution in [0.2, 0.25) is 5.02 Å². The number of rotatable bonds is 10. The van der Waals surface area contributed by atoms with Crippen molar-refractivity contribution in [2.45, 2.75) is 38.6 Å². The monoisotopic (exact) mass is 683 g/mol. The van der Waals surface area contributed by atoms with Gasteiger partial charge in [0.15, 0.2) is 10.8 Å². The summed E-state index contributed by atoms with van der Waals surface area (Å²) in [5.41, 5.74) is 5.44. The summed E-state index contributed by atoms with van der Waals surface area (Å²) in [5.74, 6) is 0.751. The summed E-state index contributed by atoms with van der Waals surface area (Å²) in [4.78, 5) is 32.7. The minimum absolute atomic E-state index is 0.0639. The Hall–Kier alpha value is -4.62. The molecule has 244 valence electrons. The van der Waals surface area contributed by atoms with Gasteiger partial charge in [0, 0.05) is 48.1 Å². The smallest absolute Gasteiger partial charge is 0.257 e. The molecule has 2 N–H and O–H groups in total. The summed E-state index contributed by atoms with van der Waals surface area (Å²) in [6.45, 7) is 3.77. The summed E-state index contributed by atoms with van der Waals surface area (Å²) in [6, 6.07) is 17.8. The standard InChI is InChI=1S/C35H31ClFN7O3S/c36-24-6-4-23(26(37)17-24)20-47-32-3-1-2-27(40-32)21-9-13-43(14-10-21)19-31-39-28-16-22(5-7-29(28)44(31)18-25-11-15-46-25)34(45)42-35-41-33-30(48-35)8-12-38-33/h1-9,12,16-17,25,38H,10-11,13-15,18-20H2,(H,41,42,45)/t25-/m0/s1. The first-order valence-electron chi connectivity index (χ1n) is 15.8. The lowest BCUT2D eigenvalue weighted by molar-refractivity contribution is -0.0591. The highest BCUT2D eigenvalue weighted by Crippen LogP contribution is 2.28. The van der Waals surface area contributed by atoms with Gasteiger partial charge in [-0.1, -0.05) is 41.1 Å². The third kappa shape index (κ3) is 6.44. The Labute approximate surface area is 284 Å². The number of carbonyl (C=O) groups excluding carboxylic acids is 1. The summed E-state index contributed by atoms with van der Waals surface area (Å²) in [6.07, 6.45) is 6.00. The van der Waals surface area contributed by atoms with Gasteiger partial charge in [-0.3, -0.25) is 15.0 Å². The predicted octanol–water partition coefficient (Wildman–Crippen LogP) is 7.07. The first kappa shape index (κ1) is 30.7. The number of hydrogen-bond donors (Lipinski definition) is 2. The van der Waals surface area contributed by atoms with Gasteiger partial charge >= 0.3 is 0 Å². The minimum atomic E-state index is -0.404. The first-order chi connectivity index (χ1) is 23.4. The number of hydrogen-bond acceptors (Lipinski definition) is 8. The van der Waals surface area contributed by atoms with Crippen LogP contribution in [-0.4, -0.2) is 61.1 Å². The fourth-order valence-electron chi connectivity index (χ4n) is 6.00. The van der Waals surface area contributed by atoms with Gasteiger partial charge in [0.25, 0.3) is 5.91 Å². The molecule has 0 bridgehead atoms. The second-order valence-corrected chi connectivity index (χ2v) is 13.4. The number of nitrogens with one attached hydrogen (secondary N) is 2. The molecular weight excluding hydrogens is 653 g/mol. The largest absolute Gasteiger partial charge is 0.473 e. The van der Waals surface area contributed by atoms with E-state index in [0.717, 1.165) is 71.0 Å². The van der Waals surface area contributed by atoms with Crippen molar-refractivity contribution >= 4 is 60.9 Å². The quantitative estimate of drug-likeness (QED) is 0.159. The van der Waals surface area contributed by atoms with Crippen molar-refractivity contribution in [1.29, 1.82) is 0 Å². The van der Waals surface area contributed by atoms with Crippen molar-refractivity contribution in [2.24, 2.45) is 0 Å². The lowest BCUT2D eigenvalue weighted by Gasteiger charge is -2.29. The molecule has 0 saturated carbocycles. The van der Waals surface area contributed by atoms with Crippen LogP contribution in [0.15, 0.2) is 72.9 Å². The molecule has 6 aromatic rings. The summed E-state index contributed by atoms with van der Waals surface area (Å²) >= 11 is 7.30. The Morgan fingerprint density at radius 3 is 2.85 bits per heavy atom. The van der Waals surface area contributed by atoms with Crippen LogP contribution >= 0.6 is 22.9 Å². The maximum Gasteiger partial charge on any atom is 0.257 e. The predicted molar refractivity (Wildman–Crippen MR) is 184 cm³/mol. The van der Waals surface area contributed by atoms with Crippen molar-refractivity contribution in [3.63, 3.8) is 0 Å². The number of nitrogens with zero attached hydrogens (tertiary/aromatic N) is 5. The van der Waals surface area contributed by atoms with E-state index >= 15 is 0 Å². The van der Waals surface area contributed by atoms with Crippen molar-refractivity contribution in [3.05, 3.63) is 106 Å². The lowest BCUT2D eigenvalue weighted by atomic mass is 10.0. The molecular formula is C35H31ClFN7O3S. The van der Waals surface area contributed by atoms with Gasteiger partial charge in [0.05, 0.1) is 40.6 Å². The average molecular weight is 684 g/mol. The number of carbonyl (C=O) groups is 1. The van der Waals surface area contributed by atoms with Gasteiger partial charge in [-0.2, -0.15) is 0 Å². The molecule has 1 saturated heterocycles. The molecule has 6 heterocycles. The zero-order valence-corrected chi connectivity index (χ0v) is 27.4. The van der Waals surface area contributed by atoms with E-state index in [1.54, 1.807) is 18.2 Å². The number of benzene rings is 2. The Morgan fingerprint density at radius 2 is 2.06 bits per heavy atom. The van der Waals surface area contributed by atoms with E-state index in [4.69, 9.17) is 31.0 Å². The number of anilines is 1. The number of aromatic amines is 1. The van der Waals surface area contributed by atoms with E-state index < -0.39 is 5.82 Å². The number of imidazole rings is 1. The lowest BCUT2D eigenvalue weighted by Crippen LogP contribution is -2.33. The number of pyridine rings is 1. The number of amides is 1. The summed E-state index contributed by atoms with van der Waals surface area (Å²) < 4.78 is 29.0. The highest BCUT2D eigenvalue weighted by molar-refractivity contribution is 7.22. The van der Waals surface area contributed by atoms with Crippen LogP contribution in [0.4, 0.5) is 9.52 Å². The molecule has 2 aliphatic rings. The molecule has 2 aromatic carbocycles. The second kappa shape index (κ2) is 13.1. The zero-order valence-electron chi connectivity index (χ0n) is 25.8. The van der Waals surface area contributed by atoms with Crippen LogP contribution in [0.1, 0.15) is 40.3 Å². The topological polar surface area (TPSA) is 110 Å². The number of ether oxygens (including phenoxy) is 2. The summed E-state index contributed by atoms with van der Waals surface area (Å²) in [7, 11) is 0. The fourth-order valence-corrected chi connectivity index (χ4v) is 6.98. The second-order valence-electron chi connectivity index (χ2n) is 11.9. The molecule has 13 heteroatoms. The molecule has 1 fully saturated rings. The SMILES string of the molecule is O=C(Nc1nc2[nH]ccc2s1)c1ccc2c(c1)nc(CN1CC=C(c3cccc(OCc4ccc(Cl)cc4F)n3)CC1)n2C[C@@H]1CCO1. The van der Waals surface area contributed by atoms with E-state index in [9.17, 15) is 9.18 Å². The zero-order chi connectivity index (χ0) is 32.6. The molecule has 0 spiro atoms. The van der Waals surface area contributed by atoms with Gasteiger partial charge in [-0.15, -0.1) is 0 Å². The van der Waals surface area contributed by atoms with E-state index in [1.165, 1.54) is 17.4 Å². The Kier molecular flexibility index (Phi) is 8.39. The van der Waals surface area contributed by atoms with Gasteiger partial charge in [-0.05, 0) is 60.9 Å². The molecule has 1 amide bonds. The Balaban J connectivity index is 0.962. The van der Waals surface area contributed by atoms with Crippen molar-refractivity contribution in [3.8, 4) is 5.88 Å². The van der Waals surface area contributed by atoms with Crippen LogP contribution in [0, 0.1) is 5.82 Å². The van der Waals surface area contributed by atoms with Crippen LogP contribution < -0.4 is 10.1 Å². The fraction of sp³-hybridized carbons (Fsp3) is 0.257. The highest BCUT2D eigenvalue weighted by Gasteiger charge is 2.24. The minimum Gasteiger partial charge on any atom is -0.473 e. The maximum atomic E-state index is 14.2. The Morgan fingerprint density at radius 1 is 1.15 bits per heavy atom. The normalized spacial score (nSPS) is 16.6. The highest BCUT2D eigenvalue weighted by atomic mass is 35.5. The van der Waals surface area contributed by atoms with E-state index in [-0.39, 0.29) is 18.6 Å². The maximum absolute atomic E-state index is 14.2. The van der Waals surface area contributed by atoms with Crippen molar-refractivity contribution in [1.82, 2.24) is 29.4 Å². The molecule has 8 rings (SSSR count). The average Bonchev–Trinajstić information content (AvgIpc) is 3.76. The van der Waals surface area contributed by atoms with E-state index in [2.05, 4.69) is 30.8 Å².